The molecule has 2 aromatic carbocycles. The number of rotatable bonds is 5. The van der Waals surface area contributed by atoms with Crippen molar-refractivity contribution in [1.29, 1.82) is 0 Å². The van der Waals surface area contributed by atoms with Crippen molar-refractivity contribution in [3.63, 3.8) is 0 Å². The summed E-state index contributed by atoms with van der Waals surface area (Å²) in [5, 5.41) is 2.87. The van der Waals surface area contributed by atoms with Crippen molar-refractivity contribution in [3.05, 3.63) is 53.6 Å². The Balaban J connectivity index is 1.33. The monoisotopic (exact) mass is 382 g/mol. The smallest absolute Gasteiger partial charge is 0.254 e. The number of carbonyl (C=O) groups excluding carboxylic acids is 2. The molecular formula is C21H22N2O5. The molecule has 2 aliphatic heterocycles. The molecule has 0 radical (unpaired) electrons. The van der Waals surface area contributed by atoms with Crippen LogP contribution in [0.2, 0.25) is 0 Å². The van der Waals surface area contributed by atoms with Gasteiger partial charge >= 0.3 is 0 Å². The van der Waals surface area contributed by atoms with E-state index in [-0.39, 0.29) is 18.6 Å². The third-order valence-electron chi connectivity index (χ3n) is 4.77. The van der Waals surface area contributed by atoms with Gasteiger partial charge in [-0.15, -0.1) is 0 Å². The Hall–Kier alpha value is -3.06. The molecule has 2 amide bonds. The van der Waals surface area contributed by atoms with Crippen LogP contribution < -0.4 is 14.8 Å². The molecule has 0 bridgehead atoms. The Morgan fingerprint density at radius 2 is 1.82 bits per heavy atom. The molecule has 4 rings (SSSR count). The summed E-state index contributed by atoms with van der Waals surface area (Å²) in [6.45, 7) is 2.53. The lowest BCUT2D eigenvalue weighted by molar-refractivity contribution is -0.116. The van der Waals surface area contributed by atoms with Crippen LogP contribution in [-0.2, 0) is 16.0 Å². The largest absolute Gasteiger partial charge is 0.454 e. The molecule has 146 valence electrons. The zero-order chi connectivity index (χ0) is 19.3. The van der Waals surface area contributed by atoms with E-state index < -0.39 is 0 Å². The molecule has 1 N–H and O–H groups in total. The summed E-state index contributed by atoms with van der Waals surface area (Å²) in [6, 6.07) is 12.7. The van der Waals surface area contributed by atoms with Gasteiger partial charge < -0.3 is 24.4 Å². The van der Waals surface area contributed by atoms with E-state index in [1.54, 1.807) is 29.2 Å². The molecule has 0 aromatic heterocycles. The highest BCUT2D eigenvalue weighted by atomic mass is 16.7. The average Bonchev–Trinajstić information content (AvgIpc) is 3.20. The van der Waals surface area contributed by atoms with Crippen LogP contribution in [0.5, 0.6) is 11.5 Å². The van der Waals surface area contributed by atoms with E-state index in [9.17, 15) is 9.59 Å². The van der Waals surface area contributed by atoms with Gasteiger partial charge in [-0.05, 0) is 42.3 Å². The molecule has 2 aliphatic rings. The van der Waals surface area contributed by atoms with E-state index in [2.05, 4.69) is 5.32 Å². The second-order valence-electron chi connectivity index (χ2n) is 6.72. The van der Waals surface area contributed by atoms with Gasteiger partial charge in [-0.2, -0.15) is 0 Å². The maximum atomic E-state index is 12.6. The lowest BCUT2D eigenvalue weighted by atomic mass is 10.1. The summed E-state index contributed by atoms with van der Waals surface area (Å²) >= 11 is 0. The first-order valence-electron chi connectivity index (χ1n) is 9.34. The number of hydrogen-bond acceptors (Lipinski definition) is 5. The topological polar surface area (TPSA) is 77.1 Å². The Bertz CT molecular complexity index is 877. The third-order valence-corrected chi connectivity index (χ3v) is 4.77. The Morgan fingerprint density at radius 3 is 2.68 bits per heavy atom. The van der Waals surface area contributed by atoms with E-state index in [0.717, 1.165) is 11.3 Å². The number of hydrogen-bond donors (Lipinski definition) is 1. The molecule has 7 nitrogen and oxygen atoms in total. The van der Waals surface area contributed by atoms with Gasteiger partial charge in [-0.3, -0.25) is 9.59 Å². The van der Waals surface area contributed by atoms with Crippen LogP contribution in [0.15, 0.2) is 42.5 Å². The number of amides is 2. The minimum Gasteiger partial charge on any atom is -0.454 e. The summed E-state index contributed by atoms with van der Waals surface area (Å²) in [7, 11) is 0. The molecule has 0 aliphatic carbocycles. The molecule has 2 aromatic rings. The van der Waals surface area contributed by atoms with Crippen molar-refractivity contribution < 1.29 is 23.8 Å². The SMILES string of the molecule is O=C(CCc1ccc2c(c1)OCO2)Nc1cccc(C(=O)N2CCOCC2)c1. The molecule has 1 saturated heterocycles. The Labute approximate surface area is 163 Å². The highest BCUT2D eigenvalue weighted by Crippen LogP contribution is 2.32. The van der Waals surface area contributed by atoms with Crippen molar-refractivity contribution in [3.8, 4) is 11.5 Å². The van der Waals surface area contributed by atoms with E-state index >= 15 is 0 Å². The molecule has 7 heteroatoms. The summed E-state index contributed by atoms with van der Waals surface area (Å²) in [5.41, 5.74) is 2.20. The Kier molecular flexibility index (Phi) is 5.43. The molecular weight excluding hydrogens is 360 g/mol. The zero-order valence-corrected chi connectivity index (χ0v) is 15.5. The number of benzene rings is 2. The number of aryl methyl sites for hydroxylation is 1. The first kappa shape index (κ1) is 18.3. The summed E-state index contributed by atoms with van der Waals surface area (Å²) in [6.07, 6.45) is 0.927. The summed E-state index contributed by atoms with van der Waals surface area (Å²) in [4.78, 5) is 26.7. The summed E-state index contributed by atoms with van der Waals surface area (Å²) in [5.74, 6) is 1.30. The van der Waals surface area contributed by atoms with Crippen LogP contribution >= 0.6 is 0 Å². The van der Waals surface area contributed by atoms with Crippen LogP contribution in [0.4, 0.5) is 5.69 Å². The number of anilines is 1. The van der Waals surface area contributed by atoms with Gasteiger partial charge in [-0.25, -0.2) is 0 Å². The predicted molar refractivity (Wildman–Crippen MR) is 103 cm³/mol. The molecule has 0 atom stereocenters. The highest BCUT2D eigenvalue weighted by Gasteiger charge is 2.19. The van der Waals surface area contributed by atoms with Gasteiger partial charge in [0.2, 0.25) is 12.7 Å². The van der Waals surface area contributed by atoms with E-state index in [0.29, 0.717) is 56.1 Å². The third kappa shape index (κ3) is 4.26. The molecule has 28 heavy (non-hydrogen) atoms. The Morgan fingerprint density at radius 1 is 1.00 bits per heavy atom. The maximum Gasteiger partial charge on any atom is 0.254 e. The van der Waals surface area contributed by atoms with Crippen LogP contribution in [0.3, 0.4) is 0 Å². The maximum absolute atomic E-state index is 12.6. The minimum atomic E-state index is -0.103. The lowest BCUT2D eigenvalue weighted by Crippen LogP contribution is -2.40. The zero-order valence-electron chi connectivity index (χ0n) is 15.5. The van der Waals surface area contributed by atoms with Gasteiger partial charge in [0, 0.05) is 30.8 Å². The number of ether oxygens (including phenoxy) is 3. The minimum absolute atomic E-state index is 0.0419. The second-order valence-corrected chi connectivity index (χ2v) is 6.72. The fourth-order valence-corrected chi connectivity index (χ4v) is 3.26. The van der Waals surface area contributed by atoms with Crippen LogP contribution in [0, 0.1) is 0 Å². The first-order chi connectivity index (χ1) is 13.7. The fraction of sp³-hybridized carbons (Fsp3) is 0.333. The van der Waals surface area contributed by atoms with Crippen molar-refractivity contribution in [2.75, 3.05) is 38.4 Å². The lowest BCUT2D eigenvalue weighted by Gasteiger charge is -2.27. The van der Waals surface area contributed by atoms with Gasteiger partial charge in [0.25, 0.3) is 5.91 Å². The number of carbonyl (C=O) groups is 2. The van der Waals surface area contributed by atoms with E-state index in [1.807, 2.05) is 18.2 Å². The molecule has 2 heterocycles. The molecule has 0 unspecified atom stereocenters. The first-order valence-corrected chi connectivity index (χ1v) is 9.34. The van der Waals surface area contributed by atoms with Gasteiger partial charge in [0.1, 0.15) is 0 Å². The normalized spacial score (nSPS) is 15.4. The summed E-state index contributed by atoms with van der Waals surface area (Å²) < 4.78 is 15.9. The number of morpholine rings is 1. The number of fused-ring (bicyclic) bond motifs is 1. The van der Waals surface area contributed by atoms with Crippen LogP contribution in [-0.4, -0.2) is 49.8 Å². The van der Waals surface area contributed by atoms with E-state index in [4.69, 9.17) is 14.2 Å². The predicted octanol–water partition coefficient (Wildman–Crippen LogP) is 2.46. The van der Waals surface area contributed by atoms with Gasteiger partial charge in [0.05, 0.1) is 13.2 Å². The standard InChI is InChI=1S/C21H22N2O5/c24-20(7-5-15-4-6-18-19(12-15)28-14-27-18)22-17-3-1-2-16(13-17)21(25)23-8-10-26-11-9-23/h1-4,6,12-13H,5,7-11,14H2,(H,22,24). The van der Waals surface area contributed by atoms with Crippen molar-refractivity contribution >= 4 is 17.5 Å². The quantitative estimate of drug-likeness (QED) is 0.860. The van der Waals surface area contributed by atoms with Crippen LogP contribution in [0.25, 0.3) is 0 Å². The van der Waals surface area contributed by atoms with Crippen molar-refractivity contribution in [1.82, 2.24) is 4.90 Å². The molecule has 1 fully saturated rings. The molecule has 0 spiro atoms. The molecule has 0 saturated carbocycles. The van der Waals surface area contributed by atoms with Gasteiger partial charge in [0.15, 0.2) is 11.5 Å². The highest BCUT2D eigenvalue weighted by molar-refractivity contribution is 5.97. The fourth-order valence-electron chi connectivity index (χ4n) is 3.26. The van der Waals surface area contributed by atoms with E-state index in [1.165, 1.54) is 0 Å². The number of nitrogens with zero attached hydrogens (tertiary/aromatic N) is 1. The second kappa shape index (κ2) is 8.31. The van der Waals surface area contributed by atoms with Crippen LogP contribution in [0.1, 0.15) is 22.3 Å². The van der Waals surface area contributed by atoms with Gasteiger partial charge in [-0.1, -0.05) is 12.1 Å². The van der Waals surface area contributed by atoms with Crippen molar-refractivity contribution in [2.24, 2.45) is 0 Å². The number of nitrogens with one attached hydrogen (secondary N) is 1. The van der Waals surface area contributed by atoms with Crippen molar-refractivity contribution in [2.45, 2.75) is 12.8 Å². The average molecular weight is 382 g/mol.